The Kier molecular flexibility index (Phi) is 11.0. The number of rotatable bonds is 14. The minimum atomic E-state index is -0.292. The van der Waals surface area contributed by atoms with Crippen molar-refractivity contribution in [2.45, 2.75) is 71.3 Å². The van der Waals surface area contributed by atoms with Crippen molar-refractivity contribution >= 4 is 18.2 Å². The molecule has 0 unspecified atom stereocenters. The zero-order valence-corrected chi connectivity index (χ0v) is 19.3. The van der Waals surface area contributed by atoms with Crippen LogP contribution in [-0.2, 0) is 16.1 Å². The van der Waals surface area contributed by atoms with Gasteiger partial charge in [-0.15, -0.1) is 0 Å². The summed E-state index contributed by atoms with van der Waals surface area (Å²) in [5, 5.41) is 0. The fourth-order valence-corrected chi connectivity index (χ4v) is 3.65. The van der Waals surface area contributed by atoms with Crippen LogP contribution in [0.3, 0.4) is 0 Å². The van der Waals surface area contributed by atoms with Crippen molar-refractivity contribution in [3.8, 4) is 11.1 Å². The number of nitrogens with zero attached hydrogens (tertiary/aromatic N) is 1. The predicted molar refractivity (Wildman–Crippen MR) is 129 cm³/mol. The number of hydrogen-bond donors (Lipinski definition) is 1. The molecule has 0 aliphatic heterocycles. The number of ether oxygens (including phenoxy) is 1. The molecule has 0 bridgehead atoms. The standard InChI is InChI=1S/C25H34N2O3S/c1-20(2)24(29)30-18-14-9-7-5-3-4-6-8-13-17-27-19-22(23(28)26-25(27)31)21-15-11-10-12-16-21/h10-12,15-16,19H,1,3-9,13-14,17-18H2,2H3,(H,26,28,31). The number of aryl methyl sites for hydroxylation is 1. The molecule has 6 heteroatoms. The Morgan fingerprint density at radius 3 is 2.19 bits per heavy atom. The van der Waals surface area contributed by atoms with Gasteiger partial charge < -0.3 is 9.30 Å². The minimum absolute atomic E-state index is 0.138. The van der Waals surface area contributed by atoms with Gasteiger partial charge in [0.25, 0.3) is 5.56 Å². The van der Waals surface area contributed by atoms with Crippen molar-refractivity contribution in [3.05, 3.63) is 63.8 Å². The zero-order chi connectivity index (χ0) is 22.5. The third kappa shape index (κ3) is 9.05. The van der Waals surface area contributed by atoms with Crippen molar-refractivity contribution in [3.63, 3.8) is 0 Å². The van der Waals surface area contributed by atoms with Crippen molar-refractivity contribution in [1.29, 1.82) is 0 Å². The summed E-state index contributed by atoms with van der Waals surface area (Å²) in [5.74, 6) is -0.292. The lowest BCUT2D eigenvalue weighted by molar-refractivity contribution is -0.139. The molecule has 1 heterocycles. The van der Waals surface area contributed by atoms with E-state index in [0.717, 1.165) is 37.8 Å². The molecule has 0 saturated heterocycles. The highest BCUT2D eigenvalue weighted by molar-refractivity contribution is 7.71. The van der Waals surface area contributed by atoms with E-state index in [1.807, 2.05) is 41.1 Å². The number of aromatic amines is 1. The van der Waals surface area contributed by atoms with Crippen LogP contribution in [0.25, 0.3) is 11.1 Å². The third-order valence-electron chi connectivity index (χ3n) is 5.22. The number of aromatic nitrogens is 2. The first-order valence-electron chi connectivity index (χ1n) is 11.2. The number of carbonyl (C=O) groups is 1. The van der Waals surface area contributed by atoms with Crippen LogP contribution in [0.15, 0.2) is 53.5 Å². The molecule has 31 heavy (non-hydrogen) atoms. The fourth-order valence-electron chi connectivity index (χ4n) is 3.41. The second kappa shape index (κ2) is 13.8. The number of carbonyl (C=O) groups excluding carboxylic acids is 1. The molecule has 0 spiro atoms. The number of unbranched alkanes of at least 4 members (excludes halogenated alkanes) is 8. The number of esters is 1. The van der Waals surface area contributed by atoms with Crippen LogP contribution in [0.5, 0.6) is 0 Å². The lowest BCUT2D eigenvalue weighted by Crippen LogP contribution is -2.15. The molecular formula is C25H34N2O3S. The smallest absolute Gasteiger partial charge is 0.333 e. The van der Waals surface area contributed by atoms with E-state index in [9.17, 15) is 9.59 Å². The molecule has 168 valence electrons. The van der Waals surface area contributed by atoms with E-state index in [-0.39, 0.29) is 11.5 Å². The summed E-state index contributed by atoms with van der Waals surface area (Å²) in [5.41, 5.74) is 1.88. The van der Waals surface area contributed by atoms with Crippen LogP contribution in [0, 0.1) is 4.77 Å². The predicted octanol–water partition coefficient (Wildman–Crippen LogP) is 6.20. The van der Waals surface area contributed by atoms with Gasteiger partial charge in [-0.3, -0.25) is 9.78 Å². The molecule has 5 nitrogen and oxygen atoms in total. The molecular weight excluding hydrogens is 408 g/mol. The van der Waals surface area contributed by atoms with Crippen molar-refractivity contribution in [2.75, 3.05) is 6.61 Å². The highest BCUT2D eigenvalue weighted by Gasteiger charge is 2.05. The van der Waals surface area contributed by atoms with Crippen molar-refractivity contribution in [2.24, 2.45) is 0 Å². The van der Waals surface area contributed by atoms with Crippen LogP contribution in [0.4, 0.5) is 0 Å². The zero-order valence-electron chi connectivity index (χ0n) is 18.5. The summed E-state index contributed by atoms with van der Waals surface area (Å²) in [7, 11) is 0. The number of nitrogens with one attached hydrogen (secondary N) is 1. The quantitative estimate of drug-likeness (QED) is 0.164. The summed E-state index contributed by atoms with van der Waals surface area (Å²) in [6.07, 6.45) is 12.2. The Morgan fingerprint density at radius 2 is 1.58 bits per heavy atom. The van der Waals surface area contributed by atoms with E-state index < -0.39 is 0 Å². The van der Waals surface area contributed by atoms with E-state index in [0.29, 0.717) is 22.5 Å². The van der Waals surface area contributed by atoms with Gasteiger partial charge in [0.1, 0.15) is 0 Å². The minimum Gasteiger partial charge on any atom is -0.462 e. The van der Waals surface area contributed by atoms with E-state index >= 15 is 0 Å². The van der Waals surface area contributed by atoms with Gasteiger partial charge in [0.2, 0.25) is 0 Å². The SMILES string of the molecule is C=C(C)C(=O)OCCCCCCCCCCCn1cc(-c2ccccc2)c(=O)[nH]c1=S. The summed E-state index contributed by atoms with van der Waals surface area (Å²) in [4.78, 5) is 26.3. The van der Waals surface area contributed by atoms with Crippen molar-refractivity contribution in [1.82, 2.24) is 9.55 Å². The van der Waals surface area contributed by atoms with Crippen LogP contribution >= 0.6 is 12.2 Å². The van der Waals surface area contributed by atoms with E-state index in [4.69, 9.17) is 17.0 Å². The van der Waals surface area contributed by atoms with Gasteiger partial charge in [0.05, 0.1) is 12.2 Å². The number of H-pyrrole nitrogens is 1. The average molecular weight is 443 g/mol. The monoisotopic (exact) mass is 442 g/mol. The van der Waals surface area contributed by atoms with Gasteiger partial charge in [-0.2, -0.15) is 0 Å². The Morgan fingerprint density at radius 1 is 1.00 bits per heavy atom. The second-order valence-electron chi connectivity index (χ2n) is 7.96. The molecule has 0 radical (unpaired) electrons. The molecule has 1 aromatic carbocycles. The fraction of sp³-hybridized carbons (Fsp3) is 0.480. The Hall–Kier alpha value is -2.47. The number of hydrogen-bond acceptors (Lipinski definition) is 4. The molecule has 0 amide bonds. The van der Waals surface area contributed by atoms with Gasteiger partial charge in [0, 0.05) is 18.3 Å². The van der Waals surface area contributed by atoms with E-state index in [1.165, 1.54) is 32.1 Å². The molecule has 0 atom stereocenters. The normalized spacial score (nSPS) is 10.7. The third-order valence-corrected chi connectivity index (χ3v) is 5.56. The molecule has 0 fully saturated rings. The topological polar surface area (TPSA) is 64.1 Å². The highest BCUT2D eigenvalue weighted by atomic mass is 32.1. The number of benzene rings is 1. The molecule has 1 aromatic heterocycles. The lowest BCUT2D eigenvalue weighted by atomic mass is 10.1. The molecule has 0 aliphatic carbocycles. The van der Waals surface area contributed by atoms with Gasteiger partial charge in [-0.25, -0.2) is 4.79 Å². The van der Waals surface area contributed by atoms with Gasteiger partial charge in [-0.05, 0) is 37.5 Å². The second-order valence-corrected chi connectivity index (χ2v) is 8.35. The van der Waals surface area contributed by atoms with Gasteiger partial charge in [-0.1, -0.05) is 81.9 Å². The summed E-state index contributed by atoms with van der Waals surface area (Å²) in [6, 6.07) is 9.67. The van der Waals surface area contributed by atoms with Crippen LogP contribution in [0.1, 0.15) is 64.7 Å². The summed E-state index contributed by atoms with van der Waals surface area (Å²) in [6.45, 7) is 6.55. The summed E-state index contributed by atoms with van der Waals surface area (Å²) >= 11 is 5.33. The lowest BCUT2D eigenvalue weighted by Gasteiger charge is -2.09. The first kappa shape index (κ1) is 24.8. The first-order valence-corrected chi connectivity index (χ1v) is 11.6. The Balaban J connectivity index is 1.58. The van der Waals surface area contributed by atoms with Crippen LogP contribution in [0.2, 0.25) is 0 Å². The maximum Gasteiger partial charge on any atom is 0.333 e. The Bertz CT molecular complexity index is 947. The first-order chi connectivity index (χ1) is 15.0. The van der Waals surface area contributed by atoms with Gasteiger partial charge >= 0.3 is 5.97 Å². The molecule has 2 rings (SSSR count). The Labute approximate surface area is 190 Å². The highest BCUT2D eigenvalue weighted by Crippen LogP contribution is 2.15. The van der Waals surface area contributed by atoms with Gasteiger partial charge in [0.15, 0.2) is 4.77 Å². The van der Waals surface area contributed by atoms with Crippen molar-refractivity contribution < 1.29 is 9.53 Å². The average Bonchev–Trinajstić information content (AvgIpc) is 2.76. The molecule has 0 saturated carbocycles. The van der Waals surface area contributed by atoms with Crippen LogP contribution in [-0.4, -0.2) is 22.1 Å². The van der Waals surface area contributed by atoms with E-state index in [2.05, 4.69) is 11.6 Å². The molecule has 0 aliphatic rings. The molecule has 2 aromatic rings. The maximum atomic E-state index is 12.2. The maximum absolute atomic E-state index is 12.2. The summed E-state index contributed by atoms with van der Waals surface area (Å²) < 4.78 is 7.55. The molecule has 1 N–H and O–H groups in total. The largest absolute Gasteiger partial charge is 0.462 e. The van der Waals surface area contributed by atoms with Crippen LogP contribution < -0.4 is 5.56 Å². The van der Waals surface area contributed by atoms with E-state index in [1.54, 1.807) is 6.92 Å².